The molecule has 154 valence electrons. The van der Waals surface area contributed by atoms with E-state index in [1.165, 1.54) is 30.6 Å². The fraction of sp³-hybridized carbons (Fsp3) is 0.591. The van der Waals surface area contributed by atoms with Gasteiger partial charge < -0.3 is 9.80 Å². The Hall–Kier alpha value is -2.15. The van der Waals surface area contributed by atoms with Gasteiger partial charge in [0.05, 0.1) is 15.4 Å². The van der Waals surface area contributed by atoms with E-state index in [9.17, 15) is 9.59 Å². The predicted octanol–water partition coefficient (Wildman–Crippen LogP) is 3.64. The number of H-pyrrole nitrogens is 1. The van der Waals surface area contributed by atoms with E-state index in [0.717, 1.165) is 47.2 Å². The van der Waals surface area contributed by atoms with E-state index in [1.807, 2.05) is 35.0 Å². The molecule has 5 rings (SSSR count). The molecular weight excluding hydrogens is 384 g/mol. The maximum atomic E-state index is 13.1. The van der Waals surface area contributed by atoms with Crippen molar-refractivity contribution in [2.45, 2.75) is 44.6 Å². The van der Waals surface area contributed by atoms with E-state index in [0.29, 0.717) is 18.4 Å². The molecule has 6 nitrogen and oxygen atoms in total. The SMILES string of the molecule is CN(CC1CCCN1C(=O)c1ccc(-c2ccn[nH]2)s1)C(=O)[C@@H]1C[C@H]1C1CCC1. The standard InChI is InChI=1S/C22H28N4O2S/c1-25(21(27)17-12-16(17)14-4-2-5-14)13-15-6-3-11-26(15)22(28)20-8-7-19(29-20)18-9-10-23-24-18/h7-10,14-17H,2-6,11-13H2,1H3,(H,23,24)/t15?,16-,17+/m0/s1. The van der Waals surface area contributed by atoms with E-state index in [2.05, 4.69) is 10.2 Å². The van der Waals surface area contributed by atoms with E-state index in [-0.39, 0.29) is 17.9 Å². The Morgan fingerprint density at radius 3 is 2.83 bits per heavy atom. The molecule has 1 N–H and O–H groups in total. The lowest BCUT2D eigenvalue weighted by Crippen LogP contribution is -2.44. The molecule has 0 spiro atoms. The normalized spacial score (nSPS) is 26.4. The summed E-state index contributed by atoms with van der Waals surface area (Å²) in [6, 6.07) is 5.91. The van der Waals surface area contributed by atoms with Gasteiger partial charge in [0, 0.05) is 38.3 Å². The highest BCUT2D eigenvalue weighted by Gasteiger charge is 2.50. The van der Waals surface area contributed by atoms with Crippen molar-refractivity contribution in [2.24, 2.45) is 17.8 Å². The summed E-state index contributed by atoms with van der Waals surface area (Å²) in [7, 11) is 1.92. The lowest BCUT2D eigenvalue weighted by Gasteiger charge is -2.29. The summed E-state index contributed by atoms with van der Waals surface area (Å²) < 4.78 is 0. The van der Waals surface area contributed by atoms with Crippen LogP contribution in [0, 0.1) is 17.8 Å². The smallest absolute Gasteiger partial charge is 0.264 e. The number of aromatic nitrogens is 2. The molecule has 2 aromatic heterocycles. The fourth-order valence-corrected chi connectivity index (χ4v) is 5.94. The molecule has 0 bridgehead atoms. The van der Waals surface area contributed by atoms with Crippen LogP contribution in [0.2, 0.25) is 0 Å². The van der Waals surface area contributed by atoms with Crippen LogP contribution in [0.4, 0.5) is 0 Å². The first-order valence-corrected chi connectivity index (χ1v) is 11.6. The third-order valence-electron chi connectivity index (χ3n) is 6.99. The molecule has 1 unspecified atom stereocenters. The Balaban J connectivity index is 1.21. The highest BCUT2D eigenvalue weighted by molar-refractivity contribution is 7.17. The van der Waals surface area contributed by atoms with Crippen molar-refractivity contribution in [3.05, 3.63) is 29.3 Å². The van der Waals surface area contributed by atoms with Gasteiger partial charge in [0.25, 0.3) is 5.91 Å². The molecule has 29 heavy (non-hydrogen) atoms. The largest absolute Gasteiger partial charge is 0.343 e. The topological polar surface area (TPSA) is 69.3 Å². The van der Waals surface area contributed by atoms with Crippen molar-refractivity contribution in [3.63, 3.8) is 0 Å². The Bertz CT molecular complexity index is 889. The van der Waals surface area contributed by atoms with Crippen LogP contribution in [0.3, 0.4) is 0 Å². The molecule has 3 heterocycles. The first-order chi connectivity index (χ1) is 14.1. The van der Waals surface area contributed by atoms with E-state index < -0.39 is 0 Å². The molecule has 2 amide bonds. The zero-order chi connectivity index (χ0) is 20.0. The monoisotopic (exact) mass is 412 g/mol. The third kappa shape index (κ3) is 3.61. The summed E-state index contributed by atoms with van der Waals surface area (Å²) in [5.74, 6) is 2.05. The second-order valence-corrected chi connectivity index (χ2v) is 9.93. The van der Waals surface area contributed by atoms with Gasteiger partial charge in [-0.25, -0.2) is 0 Å². The van der Waals surface area contributed by atoms with Crippen LogP contribution in [-0.4, -0.2) is 58.0 Å². The van der Waals surface area contributed by atoms with Gasteiger partial charge in [-0.05, 0) is 49.3 Å². The first kappa shape index (κ1) is 18.9. The zero-order valence-corrected chi connectivity index (χ0v) is 17.7. The van der Waals surface area contributed by atoms with Crippen molar-refractivity contribution in [1.82, 2.24) is 20.0 Å². The summed E-state index contributed by atoms with van der Waals surface area (Å²) in [6.45, 7) is 1.42. The van der Waals surface area contributed by atoms with Crippen LogP contribution in [0.25, 0.3) is 10.6 Å². The molecule has 3 atom stereocenters. The van der Waals surface area contributed by atoms with Crippen LogP contribution in [0.15, 0.2) is 24.4 Å². The molecule has 1 aliphatic heterocycles. The minimum absolute atomic E-state index is 0.0860. The van der Waals surface area contributed by atoms with Gasteiger partial charge in [-0.15, -0.1) is 11.3 Å². The van der Waals surface area contributed by atoms with E-state index >= 15 is 0 Å². The number of thiophene rings is 1. The second kappa shape index (κ2) is 7.59. The van der Waals surface area contributed by atoms with E-state index in [4.69, 9.17) is 0 Å². The number of carbonyl (C=O) groups excluding carboxylic acids is 2. The molecule has 3 fully saturated rings. The highest BCUT2D eigenvalue weighted by Crippen LogP contribution is 2.52. The predicted molar refractivity (Wildman–Crippen MR) is 113 cm³/mol. The van der Waals surface area contributed by atoms with Gasteiger partial charge in [0.15, 0.2) is 0 Å². The second-order valence-electron chi connectivity index (χ2n) is 8.84. The maximum absolute atomic E-state index is 13.1. The van der Waals surface area contributed by atoms with Gasteiger partial charge in [-0.1, -0.05) is 19.3 Å². The first-order valence-electron chi connectivity index (χ1n) is 10.8. The van der Waals surface area contributed by atoms with Crippen molar-refractivity contribution in [2.75, 3.05) is 20.1 Å². The van der Waals surface area contributed by atoms with Crippen molar-refractivity contribution in [1.29, 1.82) is 0 Å². The van der Waals surface area contributed by atoms with Crippen LogP contribution < -0.4 is 0 Å². The molecule has 2 saturated carbocycles. The number of nitrogens with one attached hydrogen (secondary N) is 1. The number of rotatable bonds is 6. The Morgan fingerprint density at radius 2 is 2.10 bits per heavy atom. The number of likely N-dealkylation sites (N-methyl/N-ethyl adjacent to an activating group) is 1. The highest BCUT2D eigenvalue weighted by atomic mass is 32.1. The molecule has 2 aliphatic carbocycles. The zero-order valence-electron chi connectivity index (χ0n) is 16.8. The molecule has 0 aromatic carbocycles. The van der Waals surface area contributed by atoms with Crippen LogP contribution >= 0.6 is 11.3 Å². The van der Waals surface area contributed by atoms with E-state index in [1.54, 1.807) is 6.20 Å². The molecule has 2 aromatic rings. The number of likely N-dealkylation sites (tertiary alicyclic amines) is 1. The molecule has 3 aliphatic rings. The number of aromatic amines is 1. The van der Waals surface area contributed by atoms with Crippen LogP contribution in [0.5, 0.6) is 0 Å². The Morgan fingerprint density at radius 1 is 1.24 bits per heavy atom. The van der Waals surface area contributed by atoms with Crippen molar-refractivity contribution < 1.29 is 9.59 Å². The maximum Gasteiger partial charge on any atom is 0.264 e. The molecular formula is C22H28N4O2S. The van der Waals surface area contributed by atoms with Gasteiger partial charge >= 0.3 is 0 Å². The van der Waals surface area contributed by atoms with Crippen molar-refractivity contribution >= 4 is 23.2 Å². The fourth-order valence-electron chi connectivity index (χ4n) is 5.00. The third-order valence-corrected chi connectivity index (χ3v) is 8.10. The quantitative estimate of drug-likeness (QED) is 0.788. The number of nitrogens with zero attached hydrogens (tertiary/aromatic N) is 3. The van der Waals surface area contributed by atoms with Gasteiger partial charge in [0.1, 0.15) is 0 Å². The Kier molecular flexibility index (Phi) is 4.94. The average Bonchev–Trinajstić information content (AvgIpc) is 3.13. The van der Waals surface area contributed by atoms with Crippen molar-refractivity contribution in [3.8, 4) is 10.6 Å². The van der Waals surface area contributed by atoms with Crippen LogP contribution in [-0.2, 0) is 4.79 Å². The molecule has 0 radical (unpaired) electrons. The summed E-state index contributed by atoms with van der Waals surface area (Å²) in [4.78, 5) is 31.6. The summed E-state index contributed by atoms with van der Waals surface area (Å²) in [5.41, 5.74) is 0.933. The van der Waals surface area contributed by atoms with Gasteiger partial charge in [0.2, 0.25) is 5.91 Å². The number of amides is 2. The molecule has 7 heteroatoms. The summed E-state index contributed by atoms with van der Waals surface area (Å²) >= 11 is 1.50. The number of carbonyl (C=O) groups is 2. The Labute approximate surface area is 175 Å². The number of hydrogen-bond donors (Lipinski definition) is 1. The lowest BCUT2D eigenvalue weighted by atomic mass is 9.81. The summed E-state index contributed by atoms with van der Waals surface area (Å²) in [5, 5.41) is 6.93. The molecule has 1 saturated heterocycles. The van der Waals surface area contributed by atoms with Crippen LogP contribution in [0.1, 0.15) is 48.2 Å². The minimum atomic E-state index is 0.0860. The minimum Gasteiger partial charge on any atom is -0.343 e. The number of hydrogen-bond acceptors (Lipinski definition) is 4. The van der Waals surface area contributed by atoms with Gasteiger partial charge in [-0.2, -0.15) is 5.10 Å². The lowest BCUT2D eigenvalue weighted by molar-refractivity contribution is -0.132. The average molecular weight is 413 g/mol. The van der Waals surface area contributed by atoms with Gasteiger partial charge in [-0.3, -0.25) is 14.7 Å². The summed E-state index contributed by atoms with van der Waals surface area (Å²) in [6.07, 6.45) is 8.73.